The van der Waals surface area contributed by atoms with Gasteiger partial charge in [0.15, 0.2) is 0 Å². The number of rotatable bonds is 6. The smallest absolute Gasteiger partial charge is 0.449 e. The van der Waals surface area contributed by atoms with Gasteiger partial charge < -0.3 is 19.4 Å². The Morgan fingerprint density at radius 3 is 2.35 bits per heavy atom. The second kappa shape index (κ2) is 9.09. The molecule has 1 heterocycles. The van der Waals surface area contributed by atoms with Crippen LogP contribution in [0.3, 0.4) is 0 Å². The summed E-state index contributed by atoms with van der Waals surface area (Å²) in [5.74, 6) is -0.615. The summed E-state index contributed by atoms with van der Waals surface area (Å²) in [5, 5.41) is 2.76. The van der Waals surface area contributed by atoms with Crippen molar-refractivity contribution in [2.75, 3.05) is 19.5 Å². The molecule has 0 aliphatic rings. The molecule has 3 aromatic carbocycles. The number of anilines is 1. The molecule has 1 aromatic heterocycles. The topological polar surface area (TPSA) is 65.4 Å². The van der Waals surface area contributed by atoms with E-state index in [2.05, 4.69) is 10.3 Å². The summed E-state index contributed by atoms with van der Waals surface area (Å²) in [6.45, 7) is 1.72. The average Bonchev–Trinajstić information content (AvgIpc) is 3.20. The molecule has 0 atom stereocenters. The van der Waals surface area contributed by atoms with Crippen molar-refractivity contribution in [2.45, 2.75) is 19.6 Å². The van der Waals surface area contributed by atoms with Crippen LogP contribution < -0.4 is 14.8 Å². The van der Waals surface area contributed by atoms with Crippen LogP contribution in [-0.2, 0) is 12.7 Å². The molecule has 34 heavy (non-hydrogen) atoms. The fraction of sp³-hybridized carbons (Fsp3) is 0.200. The van der Waals surface area contributed by atoms with Crippen LogP contribution in [0.1, 0.15) is 27.3 Å². The number of imidazole rings is 1. The molecular weight excluding hydrogens is 447 g/mol. The summed E-state index contributed by atoms with van der Waals surface area (Å²) in [5.41, 5.74) is 2.02. The van der Waals surface area contributed by atoms with E-state index in [9.17, 15) is 18.0 Å². The average molecular weight is 469 g/mol. The van der Waals surface area contributed by atoms with Gasteiger partial charge in [-0.1, -0.05) is 30.3 Å². The molecule has 1 amide bonds. The van der Waals surface area contributed by atoms with E-state index in [0.29, 0.717) is 22.7 Å². The highest BCUT2D eigenvalue weighted by atomic mass is 19.4. The number of benzene rings is 3. The minimum atomic E-state index is -4.71. The molecule has 176 valence electrons. The molecule has 0 saturated carbocycles. The lowest BCUT2D eigenvalue weighted by Crippen LogP contribution is -2.15. The first kappa shape index (κ1) is 23.2. The van der Waals surface area contributed by atoms with Crippen LogP contribution in [0.5, 0.6) is 11.5 Å². The number of ether oxygens (including phenoxy) is 2. The lowest BCUT2D eigenvalue weighted by molar-refractivity contribution is -0.146. The van der Waals surface area contributed by atoms with E-state index >= 15 is 0 Å². The van der Waals surface area contributed by atoms with Crippen molar-refractivity contribution in [3.8, 4) is 11.5 Å². The monoisotopic (exact) mass is 469 g/mol. The van der Waals surface area contributed by atoms with Crippen LogP contribution in [0.2, 0.25) is 0 Å². The molecule has 0 bridgehead atoms. The predicted octanol–water partition coefficient (Wildman–Crippen LogP) is 5.68. The van der Waals surface area contributed by atoms with Crippen LogP contribution in [0.25, 0.3) is 11.0 Å². The summed E-state index contributed by atoms with van der Waals surface area (Å²) in [6.07, 6.45) is -4.71. The highest BCUT2D eigenvalue weighted by Crippen LogP contribution is 2.34. The molecule has 4 rings (SSSR count). The highest BCUT2D eigenvalue weighted by Gasteiger charge is 2.38. The molecular formula is C25H22F3N3O3. The van der Waals surface area contributed by atoms with Crippen molar-refractivity contribution < 1.29 is 27.4 Å². The van der Waals surface area contributed by atoms with Crippen LogP contribution in [0, 0.1) is 6.92 Å². The van der Waals surface area contributed by atoms with E-state index < -0.39 is 17.9 Å². The lowest BCUT2D eigenvalue weighted by Gasteiger charge is -2.13. The van der Waals surface area contributed by atoms with Gasteiger partial charge in [-0.15, -0.1) is 0 Å². The first-order valence-corrected chi connectivity index (χ1v) is 10.4. The van der Waals surface area contributed by atoms with Gasteiger partial charge in [-0.05, 0) is 48.4 Å². The normalized spacial score (nSPS) is 11.5. The number of methoxy groups -OCH3 is 2. The van der Waals surface area contributed by atoms with Crippen LogP contribution in [0.4, 0.5) is 18.9 Å². The molecule has 0 aliphatic heterocycles. The van der Waals surface area contributed by atoms with E-state index in [0.717, 1.165) is 10.1 Å². The third-order valence-electron chi connectivity index (χ3n) is 5.47. The fourth-order valence-corrected chi connectivity index (χ4v) is 3.77. The van der Waals surface area contributed by atoms with Gasteiger partial charge in [0.05, 0.1) is 31.0 Å². The molecule has 0 saturated heterocycles. The van der Waals surface area contributed by atoms with Crippen LogP contribution >= 0.6 is 0 Å². The number of alkyl halides is 3. The Bertz CT molecular complexity index is 1350. The summed E-state index contributed by atoms with van der Waals surface area (Å²) in [4.78, 5) is 17.0. The van der Waals surface area contributed by atoms with E-state index in [4.69, 9.17) is 9.47 Å². The summed E-state index contributed by atoms with van der Waals surface area (Å²) < 4.78 is 53.3. The van der Waals surface area contributed by atoms with Crippen molar-refractivity contribution in [1.29, 1.82) is 0 Å². The Hall–Kier alpha value is -4.01. The zero-order chi connectivity index (χ0) is 24.5. The Kier molecular flexibility index (Phi) is 6.19. The molecule has 0 spiro atoms. The quantitative estimate of drug-likeness (QED) is 0.395. The number of para-hydroxylation sites is 2. The van der Waals surface area contributed by atoms with Gasteiger partial charge >= 0.3 is 6.18 Å². The fourth-order valence-electron chi connectivity index (χ4n) is 3.77. The highest BCUT2D eigenvalue weighted by molar-refractivity contribution is 6.12. The number of nitrogens with zero attached hydrogens (tertiary/aromatic N) is 2. The first-order chi connectivity index (χ1) is 16.2. The van der Waals surface area contributed by atoms with Crippen molar-refractivity contribution in [1.82, 2.24) is 9.55 Å². The Labute approximate surface area is 193 Å². The SMILES string of the molecule is COc1ccc(Cn2c(C(F)(F)F)nc3c(C(=O)Nc4c(C)cccc4OC)cccc32)cc1. The van der Waals surface area contributed by atoms with Crippen LogP contribution in [-0.4, -0.2) is 29.7 Å². The zero-order valence-corrected chi connectivity index (χ0v) is 18.7. The van der Waals surface area contributed by atoms with Gasteiger partial charge in [0, 0.05) is 6.54 Å². The van der Waals surface area contributed by atoms with Crippen molar-refractivity contribution in [2.24, 2.45) is 0 Å². The Morgan fingerprint density at radius 2 is 1.71 bits per heavy atom. The van der Waals surface area contributed by atoms with Crippen molar-refractivity contribution >= 4 is 22.6 Å². The summed E-state index contributed by atoms with van der Waals surface area (Å²) in [7, 11) is 2.99. The Balaban J connectivity index is 1.79. The number of aromatic nitrogens is 2. The van der Waals surface area contributed by atoms with E-state index in [1.807, 2.05) is 0 Å². The molecule has 0 unspecified atom stereocenters. The minimum absolute atomic E-state index is 0.0294. The van der Waals surface area contributed by atoms with Crippen molar-refractivity contribution in [3.05, 3.63) is 83.2 Å². The van der Waals surface area contributed by atoms with Gasteiger partial charge in [-0.25, -0.2) is 4.98 Å². The maximum atomic E-state index is 13.9. The second-order valence-electron chi connectivity index (χ2n) is 7.65. The summed E-state index contributed by atoms with van der Waals surface area (Å²) in [6, 6.07) is 16.5. The zero-order valence-electron chi connectivity index (χ0n) is 18.7. The predicted molar refractivity (Wildman–Crippen MR) is 123 cm³/mol. The van der Waals surface area contributed by atoms with Gasteiger partial charge in [-0.2, -0.15) is 13.2 Å². The minimum Gasteiger partial charge on any atom is -0.497 e. The number of aryl methyl sites for hydroxylation is 1. The number of amides is 1. The number of carbonyl (C=O) groups excluding carboxylic acids is 1. The number of hydrogen-bond acceptors (Lipinski definition) is 4. The summed E-state index contributed by atoms with van der Waals surface area (Å²) >= 11 is 0. The number of fused-ring (bicyclic) bond motifs is 1. The molecule has 0 aliphatic carbocycles. The van der Waals surface area contributed by atoms with Crippen molar-refractivity contribution in [3.63, 3.8) is 0 Å². The largest absolute Gasteiger partial charge is 0.497 e. The molecule has 1 N–H and O–H groups in total. The molecule has 0 radical (unpaired) electrons. The van der Waals surface area contributed by atoms with E-state index in [-0.39, 0.29) is 23.1 Å². The molecule has 6 nitrogen and oxygen atoms in total. The number of carbonyl (C=O) groups is 1. The lowest BCUT2D eigenvalue weighted by atomic mass is 10.1. The number of halogens is 3. The van der Waals surface area contributed by atoms with Gasteiger partial charge in [0.1, 0.15) is 17.0 Å². The van der Waals surface area contributed by atoms with E-state index in [1.54, 1.807) is 55.5 Å². The molecule has 0 fully saturated rings. The first-order valence-electron chi connectivity index (χ1n) is 10.4. The maximum absolute atomic E-state index is 13.9. The van der Waals surface area contributed by atoms with Gasteiger partial charge in [-0.3, -0.25) is 4.79 Å². The molecule has 4 aromatic rings. The standard InChI is InChI=1S/C25H22F3N3O3/c1-15-6-4-9-20(34-3)21(15)29-23(32)18-7-5-8-19-22(18)30-24(25(26,27)28)31(19)14-16-10-12-17(33-2)13-11-16/h4-13H,14H2,1-3H3,(H,29,32). The third kappa shape index (κ3) is 4.41. The van der Waals surface area contributed by atoms with Gasteiger partial charge in [0.2, 0.25) is 5.82 Å². The number of hydrogen-bond donors (Lipinski definition) is 1. The van der Waals surface area contributed by atoms with Crippen LogP contribution in [0.15, 0.2) is 60.7 Å². The molecule has 9 heteroatoms. The Morgan fingerprint density at radius 1 is 1.00 bits per heavy atom. The maximum Gasteiger partial charge on any atom is 0.449 e. The van der Waals surface area contributed by atoms with Gasteiger partial charge in [0.25, 0.3) is 5.91 Å². The van der Waals surface area contributed by atoms with E-state index in [1.165, 1.54) is 26.4 Å². The third-order valence-corrected chi connectivity index (χ3v) is 5.47. The second-order valence-corrected chi connectivity index (χ2v) is 7.65. The number of nitrogens with one attached hydrogen (secondary N) is 1.